The predicted molar refractivity (Wildman–Crippen MR) is 38.5 cm³/mol. The molecule has 5 nitrogen and oxygen atoms in total. The number of halogens is 3. The zero-order valence-corrected chi connectivity index (χ0v) is 7.66. The minimum absolute atomic E-state index is 4.86. The molecule has 0 aliphatic rings. The first-order chi connectivity index (χ1) is 2.83. The van der Waals surface area contributed by atoms with Gasteiger partial charge in [-0.15, -0.1) is 0 Å². The zero-order valence-electron chi connectivity index (χ0n) is 4.35. The summed E-state index contributed by atoms with van der Waals surface area (Å²) in [4.78, 5) is 24.3. The molecule has 0 atom stereocenters. The van der Waals surface area contributed by atoms with Crippen LogP contribution in [0.15, 0.2) is 0 Å². The average molecular weight is 245 g/mol. The van der Waals surface area contributed by atoms with E-state index in [0.717, 1.165) is 0 Å². The van der Waals surface area contributed by atoms with Gasteiger partial charge in [0.25, 0.3) is 0 Å². The summed E-state index contributed by atoms with van der Waals surface area (Å²) < 4.78 is 0. The first kappa shape index (κ1) is 10.2. The van der Waals surface area contributed by atoms with E-state index in [2.05, 4.69) is 0 Å². The normalized spacial score (nSPS) is 31.1. The Bertz CT molecular complexity index is 147. The standard InChI is InChI=1S/3ClH.Co.5H2N/h3*1H;;5*1H2/q;;;+8;5*-1/p-3. The summed E-state index contributed by atoms with van der Waals surface area (Å²) >= 11 is 0. The van der Waals surface area contributed by atoms with Gasteiger partial charge in [0.15, 0.2) is 0 Å². The van der Waals surface area contributed by atoms with E-state index in [1.807, 2.05) is 0 Å². The molecule has 0 heterocycles. The SMILES string of the molecule is [NH2][Co]([NH2])([NH2])([NH2])([NH2])([Cl])([Cl])[Cl]. The van der Waals surface area contributed by atoms with Crippen LogP contribution in [0.1, 0.15) is 0 Å². The Labute approximate surface area is 61.2 Å². The van der Waals surface area contributed by atoms with Gasteiger partial charge in [-0.3, -0.25) is 0 Å². The fraction of sp³-hybridized carbons (Fsp3) is 0. The summed E-state index contributed by atoms with van der Waals surface area (Å²) in [6, 6.07) is 0. The fourth-order valence-electron chi connectivity index (χ4n) is 0. The van der Waals surface area contributed by atoms with Crippen LogP contribution in [0.2, 0.25) is 0 Å². The second-order valence-electron chi connectivity index (χ2n) is 2.35. The van der Waals surface area contributed by atoms with Crippen molar-refractivity contribution in [3.8, 4) is 0 Å². The second kappa shape index (κ2) is 0.721. The van der Waals surface area contributed by atoms with Gasteiger partial charge in [0, 0.05) is 0 Å². The third kappa shape index (κ3) is 341. The van der Waals surface area contributed by atoms with E-state index in [1.165, 1.54) is 0 Å². The van der Waals surface area contributed by atoms with Gasteiger partial charge in [-0.2, -0.15) is 0 Å². The van der Waals surface area contributed by atoms with Gasteiger partial charge >= 0.3 is 61.2 Å². The van der Waals surface area contributed by atoms with Crippen molar-refractivity contribution in [1.82, 2.24) is 0 Å². The molecule has 65 valence electrons. The molecule has 0 aliphatic heterocycles. The molecule has 0 aromatic heterocycles. The topological polar surface area (TPSA) is 130 Å². The minimum atomic E-state index is -6.86. The van der Waals surface area contributed by atoms with Crippen LogP contribution in [0.25, 0.3) is 0 Å². The first-order valence-electron chi connectivity index (χ1n) is 1.34. The number of hydrogen-bond donors (Lipinski definition) is 5. The summed E-state index contributed by atoms with van der Waals surface area (Å²) in [6.07, 6.45) is 0. The molecule has 0 saturated carbocycles. The van der Waals surface area contributed by atoms with Gasteiger partial charge in [0.2, 0.25) is 0 Å². The molecule has 0 aromatic rings. The molecule has 0 amide bonds. The third-order valence-corrected chi connectivity index (χ3v) is 0. The van der Waals surface area contributed by atoms with E-state index >= 15 is 0 Å². The van der Waals surface area contributed by atoms with Gasteiger partial charge in [0.1, 0.15) is 0 Å². The quantitative estimate of drug-likeness (QED) is 0.378. The molecule has 0 radical (unpaired) electrons. The Balaban J connectivity index is 5.84. The molecule has 10 N–H and O–H groups in total. The maximum atomic E-state index is 5.10. The Morgan fingerprint density at radius 2 is 0.667 bits per heavy atom. The monoisotopic (exact) mass is 244 g/mol. The van der Waals surface area contributed by atoms with E-state index in [1.54, 1.807) is 0 Å². The molecule has 0 fully saturated rings. The van der Waals surface area contributed by atoms with Gasteiger partial charge in [-0.25, -0.2) is 0 Å². The number of rotatable bonds is 0. The molecular weight excluding hydrogens is 235 g/mol. The van der Waals surface area contributed by atoms with E-state index in [-0.39, 0.29) is 0 Å². The number of hydrogen-bond acceptors (Lipinski definition) is 5. The van der Waals surface area contributed by atoms with Crippen LogP contribution in [0.5, 0.6) is 0 Å². The van der Waals surface area contributed by atoms with E-state index in [4.69, 9.17) is 54.4 Å². The Kier molecular flexibility index (Phi) is 0.815. The van der Waals surface area contributed by atoms with Crippen LogP contribution < -0.4 is 23.9 Å². The second-order valence-corrected chi connectivity index (χ2v) is 23.4. The van der Waals surface area contributed by atoms with Crippen molar-refractivity contribution in [3.63, 3.8) is 0 Å². The van der Waals surface area contributed by atoms with Crippen molar-refractivity contribution in [2.24, 2.45) is 23.9 Å². The van der Waals surface area contributed by atoms with Crippen molar-refractivity contribution in [1.29, 1.82) is 0 Å². The Morgan fingerprint density at radius 1 is 0.667 bits per heavy atom. The van der Waals surface area contributed by atoms with Crippen molar-refractivity contribution in [3.05, 3.63) is 0 Å². The van der Waals surface area contributed by atoms with Crippen LogP contribution >= 0.6 is 30.4 Å². The summed E-state index contributed by atoms with van der Waals surface area (Å²) in [5.74, 6) is 0. The van der Waals surface area contributed by atoms with Crippen molar-refractivity contribution in [2.45, 2.75) is 0 Å². The predicted octanol–water partition coefficient (Wildman–Crippen LogP) is -0.887. The third-order valence-electron chi connectivity index (χ3n) is 0. The van der Waals surface area contributed by atoms with Crippen LogP contribution in [0.4, 0.5) is 0 Å². The van der Waals surface area contributed by atoms with E-state index in [9.17, 15) is 0 Å². The molecular formula is H10Cl3CoN5. The molecule has 0 aliphatic carbocycles. The Morgan fingerprint density at radius 3 is 0.667 bits per heavy atom. The van der Waals surface area contributed by atoms with Crippen molar-refractivity contribution < 1.29 is 6.82 Å². The zero-order chi connectivity index (χ0) is 8.35. The molecule has 0 unspecified atom stereocenters. The first-order valence-corrected chi connectivity index (χ1v) is 8.64. The van der Waals surface area contributed by atoms with Gasteiger partial charge < -0.3 is 0 Å². The molecule has 0 rings (SSSR count). The molecule has 9 heavy (non-hydrogen) atoms. The van der Waals surface area contributed by atoms with Crippen LogP contribution in [-0.2, 0) is 6.82 Å². The van der Waals surface area contributed by atoms with E-state index < -0.39 is 6.82 Å². The van der Waals surface area contributed by atoms with Gasteiger partial charge in [-0.05, 0) is 0 Å². The summed E-state index contributed by atoms with van der Waals surface area (Å²) in [5, 5.41) is 0. The number of nitrogens with two attached hydrogens (primary N) is 5. The maximum absolute atomic E-state index is 6.86. The summed E-state index contributed by atoms with van der Waals surface area (Å²) in [7, 11) is 15.3. The summed E-state index contributed by atoms with van der Waals surface area (Å²) in [6.45, 7) is -6.86. The van der Waals surface area contributed by atoms with Crippen LogP contribution in [0, 0.1) is 0 Å². The molecule has 0 aromatic carbocycles. The molecule has 0 bridgehead atoms. The Hall–Kier alpha value is 1.18. The summed E-state index contributed by atoms with van der Waals surface area (Å²) in [5.41, 5.74) is 0. The molecule has 0 saturated heterocycles. The van der Waals surface area contributed by atoms with Gasteiger partial charge in [-0.1, -0.05) is 0 Å². The average Bonchev–Trinajstić information content (AvgIpc) is 0.503. The molecule has 9 heteroatoms. The van der Waals surface area contributed by atoms with Gasteiger partial charge in [0.05, 0.1) is 0 Å². The van der Waals surface area contributed by atoms with Crippen LogP contribution in [0.3, 0.4) is 0 Å². The fourth-order valence-corrected chi connectivity index (χ4v) is 0. The van der Waals surface area contributed by atoms with Crippen molar-refractivity contribution >= 4 is 30.4 Å². The molecule has 0 spiro atoms. The van der Waals surface area contributed by atoms with E-state index in [0.29, 0.717) is 0 Å². The van der Waals surface area contributed by atoms with Crippen molar-refractivity contribution in [2.75, 3.05) is 0 Å². The van der Waals surface area contributed by atoms with Crippen LogP contribution in [-0.4, -0.2) is 0 Å².